The smallest absolute Gasteiger partial charge is 0.163 e. The first-order valence-corrected chi connectivity index (χ1v) is 6.81. The summed E-state index contributed by atoms with van der Waals surface area (Å²) in [6.45, 7) is 5.09. The van der Waals surface area contributed by atoms with Gasteiger partial charge >= 0.3 is 0 Å². The minimum absolute atomic E-state index is 0.635. The number of hydrogen-bond donors (Lipinski definition) is 1. The van der Waals surface area contributed by atoms with Crippen molar-refractivity contribution in [3.05, 3.63) is 18.5 Å². The molecule has 0 bridgehead atoms. The van der Waals surface area contributed by atoms with Crippen LogP contribution in [-0.2, 0) is 4.74 Å². The summed E-state index contributed by atoms with van der Waals surface area (Å²) < 4.78 is 16.5. The Morgan fingerprint density at radius 2 is 2.15 bits per heavy atom. The summed E-state index contributed by atoms with van der Waals surface area (Å²) in [5.41, 5.74) is 1.83. The van der Waals surface area contributed by atoms with E-state index in [4.69, 9.17) is 14.2 Å². The number of rotatable bonds is 5. The van der Waals surface area contributed by atoms with Crippen molar-refractivity contribution in [3.63, 3.8) is 0 Å². The first-order chi connectivity index (χ1) is 9.86. The molecule has 0 spiro atoms. The van der Waals surface area contributed by atoms with Gasteiger partial charge in [0.15, 0.2) is 11.5 Å². The van der Waals surface area contributed by atoms with Gasteiger partial charge in [-0.2, -0.15) is 0 Å². The number of ether oxygens (including phenoxy) is 3. The molecule has 20 heavy (non-hydrogen) atoms. The first kappa shape index (κ1) is 13.2. The third-order valence-electron chi connectivity index (χ3n) is 3.47. The molecular weight excluding hydrogens is 258 g/mol. The SMILES string of the molecule is COc1cc2nc[nH]c2cc1OCCN1CCOCC1. The number of H-pyrrole nitrogens is 1. The summed E-state index contributed by atoms with van der Waals surface area (Å²) >= 11 is 0. The predicted molar refractivity (Wildman–Crippen MR) is 75.4 cm³/mol. The summed E-state index contributed by atoms with van der Waals surface area (Å²) in [7, 11) is 1.64. The quantitative estimate of drug-likeness (QED) is 0.892. The molecule has 6 nitrogen and oxygen atoms in total. The molecule has 0 saturated carbocycles. The number of benzene rings is 1. The van der Waals surface area contributed by atoms with E-state index in [2.05, 4.69) is 14.9 Å². The monoisotopic (exact) mass is 277 g/mol. The molecule has 1 aliphatic rings. The van der Waals surface area contributed by atoms with Crippen LogP contribution in [0.2, 0.25) is 0 Å². The van der Waals surface area contributed by atoms with Crippen LogP contribution in [0.1, 0.15) is 0 Å². The zero-order chi connectivity index (χ0) is 13.8. The molecule has 2 aromatic rings. The van der Waals surface area contributed by atoms with Crippen molar-refractivity contribution < 1.29 is 14.2 Å². The van der Waals surface area contributed by atoms with Crippen molar-refractivity contribution in [2.24, 2.45) is 0 Å². The van der Waals surface area contributed by atoms with Crippen LogP contribution in [0.3, 0.4) is 0 Å². The minimum atomic E-state index is 0.635. The summed E-state index contributed by atoms with van der Waals surface area (Å²) in [6, 6.07) is 3.82. The van der Waals surface area contributed by atoms with E-state index in [9.17, 15) is 0 Å². The third kappa shape index (κ3) is 2.86. The van der Waals surface area contributed by atoms with Crippen LogP contribution in [0.4, 0.5) is 0 Å². The molecule has 6 heteroatoms. The number of methoxy groups -OCH3 is 1. The fraction of sp³-hybridized carbons (Fsp3) is 0.500. The molecule has 1 N–H and O–H groups in total. The Kier molecular flexibility index (Phi) is 4.03. The van der Waals surface area contributed by atoms with Crippen LogP contribution in [0.25, 0.3) is 11.0 Å². The largest absolute Gasteiger partial charge is 0.493 e. The van der Waals surface area contributed by atoms with E-state index >= 15 is 0 Å². The average Bonchev–Trinajstić information content (AvgIpc) is 2.94. The highest BCUT2D eigenvalue weighted by Crippen LogP contribution is 2.30. The van der Waals surface area contributed by atoms with E-state index in [0.717, 1.165) is 49.6 Å². The highest BCUT2D eigenvalue weighted by Gasteiger charge is 2.12. The van der Waals surface area contributed by atoms with Gasteiger partial charge in [0.2, 0.25) is 0 Å². The lowest BCUT2D eigenvalue weighted by Crippen LogP contribution is -2.38. The Morgan fingerprint density at radius 3 is 2.95 bits per heavy atom. The van der Waals surface area contributed by atoms with Gasteiger partial charge in [-0.1, -0.05) is 0 Å². The van der Waals surface area contributed by atoms with Gasteiger partial charge in [-0.3, -0.25) is 4.90 Å². The minimum Gasteiger partial charge on any atom is -0.493 e. The molecular formula is C14H19N3O3. The molecule has 0 atom stereocenters. The van der Waals surface area contributed by atoms with Gasteiger partial charge in [-0.15, -0.1) is 0 Å². The molecule has 1 fully saturated rings. The van der Waals surface area contributed by atoms with Crippen LogP contribution in [0, 0.1) is 0 Å². The molecule has 1 saturated heterocycles. The number of morpholine rings is 1. The van der Waals surface area contributed by atoms with Crippen molar-refractivity contribution in [1.29, 1.82) is 0 Å². The predicted octanol–water partition coefficient (Wildman–Crippen LogP) is 1.28. The Hall–Kier alpha value is -1.79. The number of nitrogens with zero attached hydrogens (tertiary/aromatic N) is 2. The number of hydrogen-bond acceptors (Lipinski definition) is 5. The van der Waals surface area contributed by atoms with E-state index in [1.165, 1.54) is 0 Å². The van der Waals surface area contributed by atoms with Gasteiger partial charge in [0.25, 0.3) is 0 Å². The van der Waals surface area contributed by atoms with Gasteiger partial charge in [-0.25, -0.2) is 4.98 Å². The lowest BCUT2D eigenvalue weighted by molar-refractivity contribution is 0.0321. The van der Waals surface area contributed by atoms with E-state index in [1.54, 1.807) is 13.4 Å². The van der Waals surface area contributed by atoms with E-state index in [0.29, 0.717) is 12.4 Å². The second-order valence-electron chi connectivity index (χ2n) is 4.73. The lowest BCUT2D eigenvalue weighted by Gasteiger charge is -2.26. The summed E-state index contributed by atoms with van der Waals surface area (Å²) in [6.07, 6.45) is 1.67. The van der Waals surface area contributed by atoms with Gasteiger partial charge in [0, 0.05) is 31.8 Å². The van der Waals surface area contributed by atoms with Gasteiger partial charge < -0.3 is 19.2 Å². The van der Waals surface area contributed by atoms with E-state index in [-0.39, 0.29) is 0 Å². The number of aromatic amines is 1. The van der Waals surface area contributed by atoms with Crippen molar-refractivity contribution in [1.82, 2.24) is 14.9 Å². The maximum absolute atomic E-state index is 5.85. The zero-order valence-electron chi connectivity index (χ0n) is 11.6. The Labute approximate surface area is 117 Å². The second kappa shape index (κ2) is 6.11. The summed E-state index contributed by atoms with van der Waals surface area (Å²) in [5, 5.41) is 0. The molecule has 108 valence electrons. The number of nitrogens with one attached hydrogen (secondary N) is 1. The van der Waals surface area contributed by atoms with Gasteiger partial charge in [0.05, 0.1) is 37.7 Å². The van der Waals surface area contributed by atoms with E-state index < -0.39 is 0 Å². The molecule has 1 aromatic carbocycles. The second-order valence-corrected chi connectivity index (χ2v) is 4.73. The third-order valence-corrected chi connectivity index (χ3v) is 3.47. The molecule has 0 unspecified atom stereocenters. The lowest BCUT2D eigenvalue weighted by atomic mass is 10.2. The molecule has 2 heterocycles. The number of imidazole rings is 1. The summed E-state index contributed by atoms with van der Waals surface area (Å²) in [5.74, 6) is 1.46. The normalized spacial score (nSPS) is 16.4. The fourth-order valence-corrected chi connectivity index (χ4v) is 2.32. The molecule has 1 aromatic heterocycles. The fourth-order valence-electron chi connectivity index (χ4n) is 2.32. The highest BCUT2D eigenvalue weighted by atomic mass is 16.5. The standard InChI is InChI=1S/C14H19N3O3/c1-18-13-8-11-12(16-10-15-11)9-14(13)20-7-4-17-2-5-19-6-3-17/h8-10H,2-7H2,1H3,(H,15,16). The maximum atomic E-state index is 5.85. The van der Waals surface area contributed by atoms with E-state index in [1.807, 2.05) is 12.1 Å². The summed E-state index contributed by atoms with van der Waals surface area (Å²) in [4.78, 5) is 9.62. The average molecular weight is 277 g/mol. The molecule has 3 rings (SSSR count). The van der Waals surface area contributed by atoms with Crippen molar-refractivity contribution in [2.45, 2.75) is 0 Å². The maximum Gasteiger partial charge on any atom is 0.163 e. The first-order valence-electron chi connectivity index (χ1n) is 6.81. The van der Waals surface area contributed by atoms with Crippen LogP contribution in [0.15, 0.2) is 18.5 Å². The molecule has 0 aliphatic carbocycles. The number of aromatic nitrogens is 2. The molecule has 1 aliphatic heterocycles. The van der Waals surface area contributed by atoms with Crippen LogP contribution in [-0.4, -0.2) is 61.4 Å². The molecule has 0 radical (unpaired) electrons. The number of fused-ring (bicyclic) bond motifs is 1. The Balaban J connectivity index is 1.63. The van der Waals surface area contributed by atoms with Crippen molar-refractivity contribution in [3.8, 4) is 11.5 Å². The zero-order valence-corrected chi connectivity index (χ0v) is 11.6. The van der Waals surface area contributed by atoms with Crippen LogP contribution >= 0.6 is 0 Å². The molecule has 0 amide bonds. The van der Waals surface area contributed by atoms with Crippen LogP contribution < -0.4 is 9.47 Å². The van der Waals surface area contributed by atoms with Crippen LogP contribution in [0.5, 0.6) is 11.5 Å². The van der Waals surface area contributed by atoms with Crippen molar-refractivity contribution >= 4 is 11.0 Å². The highest BCUT2D eigenvalue weighted by molar-refractivity contribution is 5.79. The Morgan fingerprint density at radius 1 is 1.30 bits per heavy atom. The van der Waals surface area contributed by atoms with Gasteiger partial charge in [-0.05, 0) is 0 Å². The van der Waals surface area contributed by atoms with Crippen molar-refractivity contribution in [2.75, 3.05) is 46.6 Å². The topological polar surface area (TPSA) is 59.6 Å². The van der Waals surface area contributed by atoms with Gasteiger partial charge in [0.1, 0.15) is 6.61 Å². The Bertz CT molecular complexity index is 564.